The van der Waals surface area contributed by atoms with Crippen molar-refractivity contribution in [3.8, 4) is 16.8 Å². The molecule has 3 aromatic heterocycles. The molecule has 0 aliphatic rings. The minimum atomic E-state index is -0.601. The van der Waals surface area contributed by atoms with Crippen molar-refractivity contribution in [3.05, 3.63) is 127 Å². The highest BCUT2D eigenvalue weighted by Gasteiger charge is 2.18. The lowest BCUT2D eigenvalue weighted by molar-refractivity contribution is 0.669. The van der Waals surface area contributed by atoms with Crippen LogP contribution in [0.1, 0.15) is 23.3 Å². The molecule has 0 bridgehead atoms. The van der Waals surface area contributed by atoms with Gasteiger partial charge in [0, 0.05) is 38.0 Å². The van der Waals surface area contributed by atoms with Crippen molar-refractivity contribution in [2.75, 3.05) is 0 Å². The van der Waals surface area contributed by atoms with Crippen molar-refractivity contribution in [1.29, 1.82) is 0 Å². The van der Waals surface area contributed by atoms with Crippen molar-refractivity contribution < 1.29 is 32.1 Å². The first-order chi connectivity index (χ1) is 26.4. The van der Waals surface area contributed by atoms with Gasteiger partial charge in [0.2, 0.25) is 0 Å². The average Bonchev–Trinajstić information content (AvgIpc) is 3.89. The van der Waals surface area contributed by atoms with E-state index < -0.39 is 96.7 Å². The molecule has 0 radical (unpaired) electrons. The SMILES string of the molecule is [2H]c1c([2H])c([2H])c2c(oc3c([2H])c([2H])c(-c4ccc(-n5c6c([2H])c([2H])c([2H])c([2H])c6c6c([2H])c([2H])c7c(oc8c([2H])c([2H])c([2H])c([2H])c87)c65)cc4)c([2H])c32)c1[2H]. The summed E-state index contributed by atoms with van der Waals surface area (Å²) in [6.07, 6.45) is 0. The van der Waals surface area contributed by atoms with Crippen molar-refractivity contribution in [2.24, 2.45) is 0 Å². The van der Waals surface area contributed by atoms with Gasteiger partial charge >= 0.3 is 0 Å². The molecule has 39 heavy (non-hydrogen) atoms. The van der Waals surface area contributed by atoms with Crippen molar-refractivity contribution >= 4 is 65.7 Å². The number of benzene rings is 6. The van der Waals surface area contributed by atoms with E-state index in [4.69, 9.17) is 32.1 Å². The fraction of sp³-hybridized carbons (Fsp3) is 0. The predicted octanol–water partition coefficient (Wildman–Crippen LogP) is 10.2. The van der Waals surface area contributed by atoms with Gasteiger partial charge in [-0.15, -0.1) is 0 Å². The second-order valence-corrected chi connectivity index (χ2v) is 8.85. The van der Waals surface area contributed by atoms with Crippen LogP contribution in [0.15, 0.2) is 136 Å². The summed E-state index contributed by atoms with van der Waals surface area (Å²) in [6, 6.07) is -2.77. The minimum Gasteiger partial charge on any atom is -0.456 e. The molecule has 3 heteroatoms. The second-order valence-electron chi connectivity index (χ2n) is 8.85. The molecule has 9 rings (SSSR count). The van der Waals surface area contributed by atoms with Gasteiger partial charge in [-0.05, 0) is 59.5 Å². The average molecular weight is 517 g/mol. The van der Waals surface area contributed by atoms with Crippen LogP contribution in [0.2, 0.25) is 0 Å². The largest absolute Gasteiger partial charge is 0.456 e. The van der Waals surface area contributed by atoms with Crippen molar-refractivity contribution in [1.82, 2.24) is 4.57 Å². The first kappa shape index (κ1) is 10.5. The number of fused-ring (bicyclic) bond motifs is 10. The normalized spacial score (nSPS) is 18.2. The highest BCUT2D eigenvalue weighted by Crippen LogP contribution is 2.40. The van der Waals surface area contributed by atoms with E-state index in [1.54, 1.807) is 0 Å². The van der Waals surface area contributed by atoms with E-state index in [1.165, 1.54) is 28.8 Å². The molecule has 0 fully saturated rings. The molecule has 3 nitrogen and oxygen atoms in total. The Bertz CT molecular complexity index is 3330. The number of hydrogen-bond acceptors (Lipinski definition) is 2. The first-order valence-corrected chi connectivity index (χ1v) is 11.8. The summed E-state index contributed by atoms with van der Waals surface area (Å²) < 4.78 is 159. The number of hydrogen-bond donors (Lipinski definition) is 0. The lowest BCUT2D eigenvalue weighted by Gasteiger charge is -2.10. The molecule has 0 aliphatic heterocycles. The summed E-state index contributed by atoms with van der Waals surface area (Å²) in [7, 11) is 0. The van der Waals surface area contributed by atoms with E-state index in [2.05, 4.69) is 0 Å². The Labute approximate surface area is 247 Å². The van der Waals surface area contributed by atoms with Gasteiger partial charge in [0.25, 0.3) is 0 Å². The van der Waals surface area contributed by atoms with Crippen LogP contribution in [0.4, 0.5) is 0 Å². The fourth-order valence-corrected chi connectivity index (χ4v) is 5.05. The Kier molecular flexibility index (Phi) is 2.05. The Morgan fingerprint density at radius 2 is 1.13 bits per heavy atom. The lowest BCUT2D eigenvalue weighted by atomic mass is 10.0. The van der Waals surface area contributed by atoms with Crippen molar-refractivity contribution in [3.63, 3.8) is 0 Å². The zero-order valence-corrected chi connectivity index (χ0v) is 19.6. The molecular formula is C36H21NO2. The van der Waals surface area contributed by atoms with Crippen LogP contribution in [0, 0.1) is 0 Å². The summed E-state index contributed by atoms with van der Waals surface area (Å²) in [4.78, 5) is 0. The van der Waals surface area contributed by atoms with Gasteiger partial charge in [-0.1, -0.05) is 78.6 Å². The molecule has 0 spiro atoms. The molecule has 3 heterocycles. The Hall–Kier alpha value is -5.28. The summed E-state index contributed by atoms with van der Waals surface area (Å²) in [5.41, 5.74) is -0.706. The zero-order valence-electron chi connectivity index (χ0n) is 36.6. The van der Waals surface area contributed by atoms with E-state index in [-0.39, 0.29) is 88.5 Å². The van der Waals surface area contributed by atoms with Crippen LogP contribution in [-0.4, -0.2) is 4.57 Å². The molecule has 0 saturated heterocycles. The molecular weight excluding hydrogens is 478 g/mol. The van der Waals surface area contributed by atoms with Crippen LogP contribution in [-0.2, 0) is 0 Å². The summed E-state index contributed by atoms with van der Waals surface area (Å²) >= 11 is 0. The van der Waals surface area contributed by atoms with Crippen LogP contribution in [0.5, 0.6) is 0 Å². The van der Waals surface area contributed by atoms with Crippen LogP contribution >= 0.6 is 0 Å². The third kappa shape index (κ3) is 2.87. The molecule has 9 aromatic rings. The molecule has 6 aromatic carbocycles. The summed E-state index contributed by atoms with van der Waals surface area (Å²) in [6.45, 7) is 0. The Balaban J connectivity index is 1.39. The smallest absolute Gasteiger partial charge is 0.160 e. The topological polar surface area (TPSA) is 31.2 Å². The molecule has 182 valence electrons. The van der Waals surface area contributed by atoms with E-state index in [0.29, 0.717) is 0 Å². The maximum Gasteiger partial charge on any atom is 0.160 e. The minimum absolute atomic E-state index is 0.0139. The van der Waals surface area contributed by atoms with Gasteiger partial charge in [-0.25, -0.2) is 0 Å². The highest BCUT2D eigenvalue weighted by atomic mass is 16.3. The van der Waals surface area contributed by atoms with Gasteiger partial charge in [0.15, 0.2) is 5.58 Å². The Morgan fingerprint density at radius 3 is 1.95 bits per heavy atom. The molecule has 0 N–H and O–H groups in total. The molecule has 0 aliphatic carbocycles. The number of furan rings is 2. The molecule has 0 saturated carbocycles. The number of nitrogens with zero attached hydrogens (tertiary/aromatic N) is 1. The van der Waals surface area contributed by atoms with Gasteiger partial charge in [0.05, 0.1) is 34.3 Å². The third-order valence-corrected chi connectivity index (χ3v) is 6.76. The van der Waals surface area contributed by atoms with Gasteiger partial charge < -0.3 is 13.4 Å². The van der Waals surface area contributed by atoms with E-state index in [9.17, 15) is 0 Å². The molecule has 0 unspecified atom stereocenters. The van der Waals surface area contributed by atoms with E-state index in [1.807, 2.05) is 0 Å². The monoisotopic (exact) mass is 516 g/mol. The van der Waals surface area contributed by atoms with Crippen LogP contribution < -0.4 is 0 Å². The number of para-hydroxylation sites is 3. The zero-order chi connectivity index (χ0) is 40.3. The molecule has 0 amide bonds. The first-order valence-electron chi connectivity index (χ1n) is 20.3. The van der Waals surface area contributed by atoms with Crippen molar-refractivity contribution in [2.45, 2.75) is 0 Å². The predicted molar refractivity (Wildman–Crippen MR) is 161 cm³/mol. The quantitative estimate of drug-likeness (QED) is 0.229. The Morgan fingerprint density at radius 1 is 0.487 bits per heavy atom. The van der Waals surface area contributed by atoms with Crippen LogP contribution in [0.3, 0.4) is 0 Å². The molecule has 0 atom stereocenters. The highest BCUT2D eigenvalue weighted by molar-refractivity contribution is 6.21. The second kappa shape index (κ2) is 7.62. The summed E-state index contributed by atoms with van der Waals surface area (Å²) in [5.74, 6) is 0. The number of rotatable bonds is 2. The van der Waals surface area contributed by atoms with Crippen LogP contribution in [0.25, 0.3) is 82.5 Å². The maximum absolute atomic E-state index is 9.15. The van der Waals surface area contributed by atoms with Gasteiger partial charge in [-0.2, -0.15) is 0 Å². The fourth-order valence-electron chi connectivity index (χ4n) is 5.05. The lowest BCUT2D eigenvalue weighted by Crippen LogP contribution is -1.94. The summed E-state index contributed by atoms with van der Waals surface area (Å²) in [5, 5.41) is -0.676. The maximum atomic E-state index is 9.15. The van der Waals surface area contributed by atoms with E-state index >= 15 is 0 Å². The van der Waals surface area contributed by atoms with Gasteiger partial charge in [-0.3, -0.25) is 0 Å². The third-order valence-electron chi connectivity index (χ3n) is 6.76. The van der Waals surface area contributed by atoms with Gasteiger partial charge in [0.1, 0.15) is 16.7 Å². The number of aromatic nitrogens is 1. The standard InChI is InChI=1S/C36H21NO2/c1-4-10-31-25(7-1)28-18-19-29-26-8-2-6-12-33(26)39-36(29)35(28)37(31)24-16-13-22(14-17-24)23-15-20-34-30(21-23)27-9-3-5-11-32(27)38-34/h1-21H/i1D,2D,3D,4D,5D,6D,7D,8D,9D,10D,11D,12D,15D,18D,19D,20D,21D. The van der Waals surface area contributed by atoms with E-state index in [0.717, 1.165) is 0 Å².